The van der Waals surface area contributed by atoms with Gasteiger partial charge in [0, 0.05) is 18.7 Å². The molecule has 0 aliphatic carbocycles. The molecule has 2 heterocycles. The lowest BCUT2D eigenvalue weighted by molar-refractivity contribution is 0.552. The molecule has 0 bridgehead atoms. The molecule has 0 radical (unpaired) electrons. The van der Waals surface area contributed by atoms with Crippen LogP contribution in [0.5, 0.6) is 0 Å². The smallest absolute Gasteiger partial charge is 0.223 e. The first-order chi connectivity index (χ1) is 8.20. The van der Waals surface area contributed by atoms with Crippen molar-refractivity contribution in [1.82, 2.24) is 9.97 Å². The minimum atomic E-state index is 0.256. The molecular formula is C12H19ClN4. The van der Waals surface area contributed by atoms with Gasteiger partial charge in [0.2, 0.25) is 5.95 Å². The standard InChI is InChI=1S/C12H19ClN4/c1-2-9-6-4-3-5-7-17(9)11-8-10(13)15-12(14)16-11/h8-9H,2-7H2,1H3,(H2,14,15,16). The molecule has 1 aliphatic heterocycles. The molecule has 2 N–H and O–H groups in total. The van der Waals surface area contributed by atoms with Crippen molar-refractivity contribution in [1.29, 1.82) is 0 Å². The van der Waals surface area contributed by atoms with Gasteiger partial charge in [-0.25, -0.2) is 4.98 Å². The maximum atomic E-state index is 5.94. The van der Waals surface area contributed by atoms with Crippen LogP contribution in [0.25, 0.3) is 0 Å². The third kappa shape index (κ3) is 3.00. The molecule has 5 heteroatoms. The fourth-order valence-electron chi connectivity index (χ4n) is 2.47. The Morgan fingerprint density at radius 1 is 1.41 bits per heavy atom. The number of aromatic nitrogens is 2. The van der Waals surface area contributed by atoms with Crippen LogP contribution in [0, 0.1) is 0 Å². The fourth-order valence-corrected chi connectivity index (χ4v) is 2.66. The van der Waals surface area contributed by atoms with E-state index in [1.807, 2.05) is 6.07 Å². The summed E-state index contributed by atoms with van der Waals surface area (Å²) in [5.41, 5.74) is 5.66. The van der Waals surface area contributed by atoms with Gasteiger partial charge >= 0.3 is 0 Å². The Morgan fingerprint density at radius 2 is 2.24 bits per heavy atom. The van der Waals surface area contributed by atoms with Crippen LogP contribution in [0.1, 0.15) is 39.0 Å². The van der Waals surface area contributed by atoms with Crippen molar-refractivity contribution in [2.45, 2.75) is 45.1 Å². The van der Waals surface area contributed by atoms with Gasteiger partial charge in [0.25, 0.3) is 0 Å². The predicted octanol–water partition coefficient (Wildman–Crippen LogP) is 2.87. The molecule has 1 aliphatic rings. The highest BCUT2D eigenvalue weighted by atomic mass is 35.5. The van der Waals surface area contributed by atoms with E-state index in [-0.39, 0.29) is 5.95 Å². The topological polar surface area (TPSA) is 55.0 Å². The molecule has 0 spiro atoms. The van der Waals surface area contributed by atoms with Gasteiger partial charge in [0.15, 0.2) is 0 Å². The van der Waals surface area contributed by atoms with E-state index in [4.69, 9.17) is 17.3 Å². The molecule has 0 aromatic carbocycles. The summed E-state index contributed by atoms with van der Waals surface area (Å²) in [7, 11) is 0. The van der Waals surface area contributed by atoms with Gasteiger partial charge in [-0.2, -0.15) is 4.98 Å². The first-order valence-corrected chi connectivity index (χ1v) is 6.65. The molecule has 1 unspecified atom stereocenters. The normalized spacial score (nSPS) is 21.3. The van der Waals surface area contributed by atoms with E-state index in [1.54, 1.807) is 0 Å². The molecule has 94 valence electrons. The Hall–Kier alpha value is -1.03. The summed E-state index contributed by atoms with van der Waals surface area (Å²) in [4.78, 5) is 10.5. The quantitative estimate of drug-likeness (QED) is 0.825. The van der Waals surface area contributed by atoms with Crippen LogP contribution in [-0.2, 0) is 0 Å². The highest BCUT2D eigenvalue weighted by Crippen LogP contribution is 2.26. The Kier molecular flexibility index (Phi) is 4.05. The van der Waals surface area contributed by atoms with Crippen molar-refractivity contribution in [2.75, 3.05) is 17.2 Å². The Bertz CT molecular complexity index is 363. The molecule has 1 fully saturated rings. The molecule has 1 aromatic heterocycles. The number of nitrogens with zero attached hydrogens (tertiary/aromatic N) is 3. The molecule has 2 rings (SSSR count). The van der Waals surface area contributed by atoms with Gasteiger partial charge in [0.1, 0.15) is 11.0 Å². The van der Waals surface area contributed by atoms with Crippen molar-refractivity contribution >= 4 is 23.4 Å². The van der Waals surface area contributed by atoms with E-state index in [9.17, 15) is 0 Å². The maximum Gasteiger partial charge on any atom is 0.223 e. The number of nitrogen functional groups attached to an aromatic ring is 1. The number of anilines is 2. The van der Waals surface area contributed by atoms with Crippen molar-refractivity contribution in [3.63, 3.8) is 0 Å². The van der Waals surface area contributed by atoms with Gasteiger partial charge in [0.05, 0.1) is 0 Å². The van der Waals surface area contributed by atoms with E-state index < -0.39 is 0 Å². The number of nitrogens with two attached hydrogens (primary N) is 1. The van der Waals surface area contributed by atoms with Crippen molar-refractivity contribution < 1.29 is 0 Å². The van der Waals surface area contributed by atoms with Crippen LogP contribution in [0.3, 0.4) is 0 Å². The monoisotopic (exact) mass is 254 g/mol. The number of hydrogen-bond acceptors (Lipinski definition) is 4. The first-order valence-electron chi connectivity index (χ1n) is 6.27. The molecule has 0 amide bonds. The second kappa shape index (κ2) is 5.54. The van der Waals surface area contributed by atoms with Gasteiger partial charge in [-0.3, -0.25) is 0 Å². The Morgan fingerprint density at radius 3 is 2.94 bits per heavy atom. The summed E-state index contributed by atoms with van der Waals surface area (Å²) in [6, 6.07) is 2.36. The lowest BCUT2D eigenvalue weighted by Crippen LogP contribution is -2.35. The highest BCUT2D eigenvalue weighted by Gasteiger charge is 2.21. The third-order valence-electron chi connectivity index (χ3n) is 3.34. The minimum absolute atomic E-state index is 0.256. The second-order valence-corrected chi connectivity index (χ2v) is 4.90. The average Bonchev–Trinajstić information content (AvgIpc) is 2.52. The van der Waals surface area contributed by atoms with Gasteiger partial charge in [-0.15, -0.1) is 0 Å². The summed E-state index contributed by atoms with van der Waals surface area (Å²) in [6.45, 7) is 3.25. The first kappa shape index (κ1) is 12.4. The average molecular weight is 255 g/mol. The fraction of sp³-hybridized carbons (Fsp3) is 0.667. The van der Waals surface area contributed by atoms with E-state index >= 15 is 0 Å². The van der Waals surface area contributed by atoms with Crippen molar-refractivity contribution in [2.24, 2.45) is 0 Å². The van der Waals surface area contributed by atoms with Crippen LogP contribution in [-0.4, -0.2) is 22.6 Å². The lowest BCUT2D eigenvalue weighted by atomic mass is 10.1. The number of rotatable bonds is 2. The molecule has 4 nitrogen and oxygen atoms in total. The lowest BCUT2D eigenvalue weighted by Gasteiger charge is -2.30. The highest BCUT2D eigenvalue weighted by molar-refractivity contribution is 6.29. The van der Waals surface area contributed by atoms with Gasteiger partial charge < -0.3 is 10.6 Å². The molecule has 0 saturated carbocycles. The summed E-state index contributed by atoms with van der Waals surface area (Å²) in [6.07, 6.45) is 6.14. The second-order valence-electron chi connectivity index (χ2n) is 4.51. The molecule has 1 atom stereocenters. The number of hydrogen-bond donors (Lipinski definition) is 1. The van der Waals surface area contributed by atoms with E-state index in [1.165, 1.54) is 25.7 Å². The molecule has 1 saturated heterocycles. The zero-order chi connectivity index (χ0) is 12.3. The van der Waals surface area contributed by atoms with Crippen LogP contribution in [0.2, 0.25) is 5.15 Å². The third-order valence-corrected chi connectivity index (χ3v) is 3.53. The number of halogens is 1. The Labute approximate surface area is 107 Å². The van der Waals surface area contributed by atoms with Crippen LogP contribution in [0.15, 0.2) is 6.07 Å². The van der Waals surface area contributed by atoms with Crippen molar-refractivity contribution in [3.05, 3.63) is 11.2 Å². The van der Waals surface area contributed by atoms with Crippen molar-refractivity contribution in [3.8, 4) is 0 Å². The zero-order valence-corrected chi connectivity index (χ0v) is 11.0. The SMILES string of the molecule is CCC1CCCCCN1c1cc(Cl)nc(N)n1. The van der Waals surface area contributed by atoms with Crippen LogP contribution in [0.4, 0.5) is 11.8 Å². The predicted molar refractivity (Wildman–Crippen MR) is 71.3 cm³/mol. The van der Waals surface area contributed by atoms with Gasteiger partial charge in [-0.1, -0.05) is 31.4 Å². The van der Waals surface area contributed by atoms with E-state index in [0.717, 1.165) is 18.8 Å². The van der Waals surface area contributed by atoms with E-state index in [2.05, 4.69) is 21.8 Å². The summed E-state index contributed by atoms with van der Waals surface area (Å²) in [5.74, 6) is 1.13. The maximum absolute atomic E-state index is 5.94. The largest absolute Gasteiger partial charge is 0.368 e. The van der Waals surface area contributed by atoms with Crippen LogP contribution >= 0.6 is 11.6 Å². The minimum Gasteiger partial charge on any atom is -0.368 e. The molecule has 1 aromatic rings. The zero-order valence-electron chi connectivity index (χ0n) is 10.2. The molecule has 17 heavy (non-hydrogen) atoms. The summed E-state index contributed by atoms with van der Waals surface area (Å²) < 4.78 is 0. The van der Waals surface area contributed by atoms with E-state index in [0.29, 0.717) is 11.2 Å². The van der Waals surface area contributed by atoms with Crippen LogP contribution < -0.4 is 10.6 Å². The van der Waals surface area contributed by atoms with Gasteiger partial charge in [-0.05, 0) is 19.3 Å². The Balaban J connectivity index is 2.27. The summed E-state index contributed by atoms with van der Waals surface area (Å²) in [5, 5.41) is 0.423. The summed E-state index contributed by atoms with van der Waals surface area (Å²) >= 11 is 5.94. The molecular weight excluding hydrogens is 236 g/mol.